The summed E-state index contributed by atoms with van der Waals surface area (Å²) in [6, 6.07) is 13.7. The third kappa shape index (κ3) is 4.16. The van der Waals surface area contributed by atoms with Crippen molar-refractivity contribution in [1.82, 2.24) is 9.62 Å². The number of halogens is 1. The smallest absolute Gasteiger partial charge is 0.251 e. The van der Waals surface area contributed by atoms with Gasteiger partial charge in [-0.05, 0) is 61.7 Å². The van der Waals surface area contributed by atoms with E-state index >= 15 is 0 Å². The molecule has 7 heteroatoms. The Morgan fingerprint density at radius 2 is 1.62 bits per heavy atom. The Morgan fingerprint density at radius 1 is 1.04 bits per heavy atom. The zero-order valence-corrected chi connectivity index (χ0v) is 16.9. The van der Waals surface area contributed by atoms with E-state index in [1.165, 1.54) is 16.4 Å². The van der Waals surface area contributed by atoms with Crippen molar-refractivity contribution in [1.29, 1.82) is 0 Å². The number of nitrogens with zero attached hydrogens (tertiary/aromatic N) is 1. The Morgan fingerprint density at radius 3 is 2.19 bits per heavy atom. The van der Waals surface area contributed by atoms with Crippen molar-refractivity contribution in [2.75, 3.05) is 13.1 Å². The van der Waals surface area contributed by atoms with Crippen molar-refractivity contribution in [3.8, 4) is 0 Å². The molecule has 5 nitrogen and oxygen atoms in total. The molecule has 2 aromatic rings. The van der Waals surface area contributed by atoms with Crippen molar-refractivity contribution in [2.45, 2.75) is 30.7 Å². The molecule has 0 saturated carbocycles. The van der Waals surface area contributed by atoms with E-state index in [1.54, 1.807) is 12.1 Å². The van der Waals surface area contributed by atoms with Gasteiger partial charge < -0.3 is 5.32 Å². The van der Waals surface area contributed by atoms with Gasteiger partial charge in [-0.25, -0.2) is 8.42 Å². The summed E-state index contributed by atoms with van der Waals surface area (Å²) in [5, 5.41) is 2.93. The van der Waals surface area contributed by atoms with E-state index in [0.717, 1.165) is 22.9 Å². The van der Waals surface area contributed by atoms with Gasteiger partial charge in [0.05, 0.1) is 10.9 Å². The van der Waals surface area contributed by atoms with Gasteiger partial charge in [0, 0.05) is 23.1 Å². The maximum Gasteiger partial charge on any atom is 0.251 e. The lowest BCUT2D eigenvalue weighted by Crippen LogP contribution is -2.28. The van der Waals surface area contributed by atoms with E-state index in [2.05, 4.69) is 21.2 Å². The number of rotatable bonds is 5. The van der Waals surface area contributed by atoms with E-state index in [4.69, 9.17) is 0 Å². The number of hydrogen-bond acceptors (Lipinski definition) is 3. The molecule has 1 saturated heterocycles. The van der Waals surface area contributed by atoms with Crippen LogP contribution in [0.4, 0.5) is 0 Å². The Bertz CT molecular complexity index is 874. The third-order valence-electron chi connectivity index (χ3n) is 4.54. The molecule has 3 rings (SSSR count). The number of nitrogens with one attached hydrogen (secondary N) is 1. The molecule has 0 aromatic heterocycles. The lowest BCUT2D eigenvalue weighted by atomic mass is 10.1. The van der Waals surface area contributed by atoms with Gasteiger partial charge in [0.1, 0.15) is 0 Å². The van der Waals surface area contributed by atoms with Crippen LogP contribution in [0.15, 0.2) is 57.9 Å². The van der Waals surface area contributed by atoms with Crippen LogP contribution in [0.1, 0.15) is 41.7 Å². The Labute approximate surface area is 162 Å². The maximum absolute atomic E-state index is 12.5. The molecule has 1 amide bonds. The minimum atomic E-state index is -3.45. The SMILES string of the molecule is C[C@H](NC(=O)c1ccc(S(=O)(=O)N2CCCC2)cc1)c1ccc(Br)cc1. The molecule has 1 N–H and O–H groups in total. The van der Waals surface area contributed by atoms with Crippen LogP contribution in [0.3, 0.4) is 0 Å². The summed E-state index contributed by atoms with van der Waals surface area (Å²) in [5.74, 6) is -0.231. The summed E-state index contributed by atoms with van der Waals surface area (Å²) in [6.45, 7) is 3.04. The summed E-state index contributed by atoms with van der Waals surface area (Å²) in [5.41, 5.74) is 1.43. The normalized spacial score (nSPS) is 16.4. The summed E-state index contributed by atoms with van der Waals surface area (Å²) >= 11 is 3.39. The van der Waals surface area contributed by atoms with Crippen LogP contribution in [0.2, 0.25) is 0 Å². The molecule has 1 atom stereocenters. The second kappa shape index (κ2) is 7.90. The summed E-state index contributed by atoms with van der Waals surface area (Å²) < 4.78 is 27.5. The predicted molar refractivity (Wildman–Crippen MR) is 104 cm³/mol. The number of benzene rings is 2. The molecule has 0 radical (unpaired) electrons. The van der Waals surface area contributed by atoms with E-state index in [1.807, 2.05) is 31.2 Å². The molecule has 0 aliphatic carbocycles. The van der Waals surface area contributed by atoms with Crippen molar-refractivity contribution < 1.29 is 13.2 Å². The first kappa shape index (κ1) is 19.1. The molecule has 1 fully saturated rings. The Balaban J connectivity index is 1.69. The minimum absolute atomic E-state index is 0.149. The minimum Gasteiger partial charge on any atom is -0.346 e. The van der Waals surface area contributed by atoms with Gasteiger partial charge >= 0.3 is 0 Å². The van der Waals surface area contributed by atoms with Gasteiger partial charge in [-0.3, -0.25) is 4.79 Å². The molecular weight excluding hydrogens is 416 g/mol. The van der Waals surface area contributed by atoms with Gasteiger partial charge in [-0.15, -0.1) is 0 Å². The summed E-state index contributed by atoms with van der Waals surface area (Å²) in [4.78, 5) is 12.7. The third-order valence-corrected chi connectivity index (χ3v) is 6.98. The lowest BCUT2D eigenvalue weighted by molar-refractivity contribution is 0.0940. The number of sulfonamides is 1. The van der Waals surface area contributed by atoms with Gasteiger partial charge in [0.25, 0.3) is 5.91 Å². The number of amides is 1. The number of carbonyl (C=O) groups excluding carboxylic acids is 1. The fourth-order valence-corrected chi connectivity index (χ4v) is 4.75. The number of carbonyl (C=O) groups is 1. The first-order valence-electron chi connectivity index (χ1n) is 8.54. The van der Waals surface area contributed by atoms with Crippen LogP contribution in [-0.2, 0) is 10.0 Å². The highest BCUT2D eigenvalue weighted by Crippen LogP contribution is 2.21. The fraction of sp³-hybridized carbons (Fsp3) is 0.316. The van der Waals surface area contributed by atoms with E-state index in [-0.39, 0.29) is 16.8 Å². The summed E-state index contributed by atoms with van der Waals surface area (Å²) in [7, 11) is -3.45. The molecular formula is C19H21BrN2O3S. The molecule has 2 aromatic carbocycles. The van der Waals surface area contributed by atoms with E-state index in [0.29, 0.717) is 18.7 Å². The second-order valence-electron chi connectivity index (χ2n) is 6.38. The first-order chi connectivity index (χ1) is 12.4. The van der Waals surface area contributed by atoms with Gasteiger partial charge in [-0.1, -0.05) is 28.1 Å². The molecule has 138 valence electrons. The monoisotopic (exact) mass is 436 g/mol. The highest BCUT2D eigenvalue weighted by atomic mass is 79.9. The highest BCUT2D eigenvalue weighted by molar-refractivity contribution is 9.10. The van der Waals surface area contributed by atoms with Crippen molar-refractivity contribution in [3.05, 3.63) is 64.1 Å². The Kier molecular flexibility index (Phi) is 5.79. The Hall–Kier alpha value is -1.70. The van der Waals surface area contributed by atoms with Gasteiger partial charge in [-0.2, -0.15) is 4.31 Å². The highest BCUT2D eigenvalue weighted by Gasteiger charge is 2.27. The van der Waals surface area contributed by atoms with Crippen LogP contribution >= 0.6 is 15.9 Å². The molecule has 0 bridgehead atoms. The average molecular weight is 437 g/mol. The standard InChI is InChI=1S/C19H21BrN2O3S/c1-14(15-4-8-17(20)9-5-15)21-19(23)16-6-10-18(11-7-16)26(24,25)22-12-2-3-13-22/h4-11,14H,2-3,12-13H2,1H3,(H,21,23)/t14-/m0/s1. The van der Waals surface area contributed by atoms with Crippen LogP contribution in [0.25, 0.3) is 0 Å². The quantitative estimate of drug-likeness (QED) is 0.776. The fourth-order valence-electron chi connectivity index (χ4n) is 2.97. The molecule has 1 aliphatic heterocycles. The topological polar surface area (TPSA) is 66.5 Å². The first-order valence-corrected chi connectivity index (χ1v) is 10.8. The van der Waals surface area contributed by atoms with E-state index < -0.39 is 10.0 Å². The van der Waals surface area contributed by atoms with Crippen molar-refractivity contribution in [3.63, 3.8) is 0 Å². The van der Waals surface area contributed by atoms with Crippen LogP contribution < -0.4 is 5.32 Å². The predicted octanol–water partition coefficient (Wildman–Crippen LogP) is 3.72. The van der Waals surface area contributed by atoms with Gasteiger partial charge in [0.2, 0.25) is 10.0 Å². The zero-order chi connectivity index (χ0) is 18.7. The van der Waals surface area contributed by atoms with Crippen molar-refractivity contribution in [2.24, 2.45) is 0 Å². The van der Waals surface area contributed by atoms with Crippen LogP contribution in [0, 0.1) is 0 Å². The van der Waals surface area contributed by atoms with Crippen LogP contribution in [0.5, 0.6) is 0 Å². The average Bonchev–Trinajstić information content (AvgIpc) is 3.18. The number of hydrogen-bond donors (Lipinski definition) is 1. The molecule has 1 aliphatic rings. The van der Waals surface area contributed by atoms with Gasteiger partial charge in [0.15, 0.2) is 0 Å². The molecule has 0 spiro atoms. The van der Waals surface area contributed by atoms with E-state index in [9.17, 15) is 13.2 Å². The molecule has 26 heavy (non-hydrogen) atoms. The maximum atomic E-state index is 12.5. The zero-order valence-electron chi connectivity index (χ0n) is 14.5. The molecule has 1 heterocycles. The lowest BCUT2D eigenvalue weighted by Gasteiger charge is -2.16. The molecule has 0 unspecified atom stereocenters. The summed E-state index contributed by atoms with van der Waals surface area (Å²) in [6.07, 6.45) is 1.79. The van der Waals surface area contributed by atoms with Crippen LogP contribution in [-0.4, -0.2) is 31.7 Å². The van der Waals surface area contributed by atoms with Crippen molar-refractivity contribution >= 4 is 31.9 Å². The second-order valence-corrected chi connectivity index (χ2v) is 9.24. The largest absolute Gasteiger partial charge is 0.346 e.